The molecule has 110 valence electrons. The van der Waals surface area contributed by atoms with Gasteiger partial charge in [-0.3, -0.25) is 4.90 Å². The highest BCUT2D eigenvalue weighted by molar-refractivity contribution is 5.58. The fourth-order valence-corrected chi connectivity index (χ4v) is 3.46. The molecule has 0 aliphatic carbocycles. The predicted molar refractivity (Wildman–Crippen MR) is 80.6 cm³/mol. The van der Waals surface area contributed by atoms with Crippen molar-refractivity contribution in [3.63, 3.8) is 0 Å². The number of hydrazine groups is 1. The number of hydrogen-bond donors (Lipinski definition) is 2. The zero-order valence-corrected chi connectivity index (χ0v) is 12.2. The summed E-state index contributed by atoms with van der Waals surface area (Å²) in [5.41, 5.74) is 3.87. The summed E-state index contributed by atoms with van der Waals surface area (Å²) in [7, 11) is 0. The van der Waals surface area contributed by atoms with Crippen molar-refractivity contribution in [2.24, 2.45) is 5.84 Å². The molecule has 0 radical (unpaired) electrons. The lowest BCUT2D eigenvalue weighted by molar-refractivity contribution is 0.230. The fraction of sp³-hybridized carbons (Fsp3) is 0.714. The van der Waals surface area contributed by atoms with E-state index in [1.807, 2.05) is 0 Å². The van der Waals surface area contributed by atoms with E-state index in [9.17, 15) is 0 Å². The largest absolute Gasteiger partial charge is 0.353 e. The third-order valence-electron chi connectivity index (χ3n) is 4.45. The summed E-state index contributed by atoms with van der Waals surface area (Å²) in [6.45, 7) is 6.71. The van der Waals surface area contributed by atoms with Gasteiger partial charge in [0.1, 0.15) is 18.0 Å². The van der Waals surface area contributed by atoms with Crippen molar-refractivity contribution >= 4 is 11.6 Å². The zero-order valence-electron chi connectivity index (χ0n) is 12.2. The molecule has 2 fully saturated rings. The van der Waals surface area contributed by atoms with Gasteiger partial charge in [0.2, 0.25) is 0 Å². The molecule has 6 nitrogen and oxygen atoms in total. The summed E-state index contributed by atoms with van der Waals surface area (Å²) in [6.07, 6.45) is 6.29. The molecule has 0 bridgehead atoms. The Bertz CT molecular complexity index is 463. The standard InChI is InChI=1S/C14H24N6/c1-2-4-12-13(18-15)16-10-17-14(12)20-8-7-19-6-3-5-11(19)9-20/h10-11H,2-9,15H2,1H3,(H,16,17,18). The Labute approximate surface area is 120 Å². The Kier molecular flexibility index (Phi) is 4.03. The van der Waals surface area contributed by atoms with Crippen molar-refractivity contribution < 1.29 is 0 Å². The molecule has 3 heterocycles. The van der Waals surface area contributed by atoms with Crippen LogP contribution in [0, 0.1) is 0 Å². The molecular weight excluding hydrogens is 252 g/mol. The van der Waals surface area contributed by atoms with Gasteiger partial charge in [0.25, 0.3) is 0 Å². The second-order valence-electron chi connectivity index (χ2n) is 5.70. The minimum absolute atomic E-state index is 0.697. The third kappa shape index (κ3) is 2.45. The molecule has 0 saturated carbocycles. The van der Waals surface area contributed by atoms with Crippen LogP contribution in [0.4, 0.5) is 11.6 Å². The first-order valence-corrected chi connectivity index (χ1v) is 7.63. The van der Waals surface area contributed by atoms with Crippen LogP contribution in [0.5, 0.6) is 0 Å². The molecule has 20 heavy (non-hydrogen) atoms. The van der Waals surface area contributed by atoms with Gasteiger partial charge in [-0.15, -0.1) is 0 Å². The summed E-state index contributed by atoms with van der Waals surface area (Å²) in [6, 6.07) is 0.697. The van der Waals surface area contributed by atoms with Crippen molar-refractivity contribution in [2.45, 2.75) is 38.6 Å². The number of piperazine rings is 1. The first-order valence-electron chi connectivity index (χ1n) is 7.63. The number of rotatable bonds is 4. The summed E-state index contributed by atoms with van der Waals surface area (Å²) >= 11 is 0. The van der Waals surface area contributed by atoms with Gasteiger partial charge in [-0.1, -0.05) is 13.3 Å². The van der Waals surface area contributed by atoms with E-state index in [2.05, 4.69) is 32.1 Å². The molecule has 3 N–H and O–H groups in total. The number of anilines is 2. The van der Waals surface area contributed by atoms with Crippen LogP contribution in [-0.2, 0) is 6.42 Å². The maximum absolute atomic E-state index is 5.60. The number of fused-ring (bicyclic) bond motifs is 1. The average Bonchev–Trinajstić information content (AvgIpc) is 2.95. The molecule has 1 aromatic heterocycles. The van der Waals surface area contributed by atoms with Gasteiger partial charge in [0.05, 0.1) is 0 Å². The topological polar surface area (TPSA) is 70.3 Å². The van der Waals surface area contributed by atoms with Gasteiger partial charge in [0.15, 0.2) is 0 Å². The zero-order chi connectivity index (χ0) is 13.9. The normalized spacial score (nSPS) is 22.9. The van der Waals surface area contributed by atoms with E-state index >= 15 is 0 Å². The SMILES string of the molecule is CCCc1c(NN)ncnc1N1CCN2CCCC2C1. The van der Waals surface area contributed by atoms with Gasteiger partial charge in [-0.25, -0.2) is 15.8 Å². The second-order valence-corrected chi connectivity index (χ2v) is 5.70. The van der Waals surface area contributed by atoms with E-state index in [1.165, 1.54) is 19.4 Å². The van der Waals surface area contributed by atoms with Crippen molar-refractivity contribution in [1.29, 1.82) is 0 Å². The molecule has 6 heteroatoms. The Morgan fingerprint density at radius 2 is 2.25 bits per heavy atom. The first kappa shape index (κ1) is 13.6. The predicted octanol–water partition coefficient (Wildman–Crippen LogP) is 0.999. The maximum Gasteiger partial charge on any atom is 0.148 e. The smallest absolute Gasteiger partial charge is 0.148 e. The first-order chi connectivity index (χ1) is 9.83. The molecule has 1 atom stereocenters. The van der Waals surface area contributed by atoms with Crippen LogP contribution in [0.1, 0.15) is 31.7 Å². The molecule has 1 unspecified atom stereocenters. The van der Waals surface area contributed by atoms with Crippen LogP contribution >= 0.6 is 0 Å². The highest BCUT2D eigenvalue weighted by Crippen LogP contribution is 2.29. The van der Waals surface area contributed by atoms with Crippen LogP contribution in [0.2, 0.25) is 0 Å². The third-order valence-corrected chi connectivity index (χ3v) is 4.45. The number of aromatic nitrogens is 2. The Hall–Kier alpha value is -1.40. The van der Waals surface area contributed by atoms with Crippen LogP contribution in [0.25, 0.3) is 0 Å². The quantitative estimate of drug-likeness (QED) is 0.631. The molecule has 0 spiro atoms. The Morgan fingerprint density at radius 1 is 1.35 bits per heavy atom. The minimum Gasteiger partial charge on any atom is -0.353 e. The van der Waals surface area contributed by atoms with Crippen LogP contribution in [0.3, 0.4) is 0 Å². The van der Waals surface area contributed by atoms with E-state index in [0.29, 0.717) is 6.04 Å². The van der Waals surface area contributed by atoms with Crippen molar-refractivity contribution in [2.75, 3.05) is 36.5 Å². The number of nitrogen functional groups attached to an aromatic ring is 1. The van der Waals surface area contributed by atoms with Crippen molar-refractivity contribution in [3.8, 4) is 0 Å². The molecule has 3 rings (SSSR count). The molecule has 2 aliphatic rings. The van der Waals surface area contributed by atoms with Crippen molar-refractivity contribution in [3.05, 3.63) is 11.9 Å². The highest BCUT2D eigenvalue weighted by Gasteiger charge is 2.32. The van der Waals surface area contributed by atoms with E-state index in [4.69, 9.17) is 5.84 Å². The van der Waals surface area contributed by atoms with Gasteiger partial charge in [0, 0.05) is 31.2 Å². The van der Waals surface area contributed by atoms with Crippen LogP contribution in [-0.4, -0.2) is 47.1 Å². The van der Waals surface area contributed by atoms with Gasteiger partial charge >= 0.3 is 0 Å². The van der Waals surface area contributed by atoms with E-state index in [0.717, 1.165) is 49.7 Å². The summed E-state index contributed by atoms with van der Waals surface area (Å²) in [5, 5.41) is 0. The van der Waals surface area contributed by atoms with Crippen LogP contribution < -0.4 is 16.2 Å². The van der Waals surface area contributed by atoms with Gasteiger partial charge < -0.3 is 10.3 Å². The lowest BCUT2D eigenvalue weighted by Gasteiger charge is -2.38. The van der Waals surface area contributed by atoms with Crippen LogP contribution in [0.15, 0.2) is 6.33 Å². The number of hydrogen-bond acceptors (Lipinski definition) is 6. The molecule has 2 saturated heterocycles. The fourth-order valence-electron chi connectivity index (χ4n) is 3.46. The van der Waals surface area contributed by atoms with E-state index in [1.54, 1.807) is 6.33 Å². The number of nitrogens with one attached hydrogen (secondary N) is 1. The highest BCUT2D eigenvalue weighted by atomic mass is 15.3. The average molecular weight is 276 g/mol. The summed E-state index contributed by atoms with van der Waals surface area (Å²) in [5.74, 6) is 7.44. The van der Waals surface area contributed by atoms with E-state index in [-0.39, 0.29) is 0 Å². The maximum atomic E-state index is 5.60. The van der Waals surface area contributed by atoms with Gasteiger partial charge in [-0.05, 0) is 25.8 Å². The number of nitrogens with zero attached hydrogens (tertiary/aromatic N) is 4. The summed E-state index contributed by atoms with van der Waals surface area (Å²) in [4.78, 5) is 13.8. The molecule has 0 amide bonds. The van der Waals surface area contributed by atoms with Crippen molar-refractivity contribution in [1.82, 2.24) is 14.9 Å². The van der Waals surface area contributed by atoms with Gasteiger partial charge in [-0.2, -0.15) is 0 Å². The molecule has 0 aromatic carbocycles. The lowest BCUT2D eigenvalue weighted by Crippen LogP contribution is -2.50. The molecule has 2 aliphatic heterocycles. The lowest BCUT2D eigenvalue weighted by atomic mass is 10.1. The Morgan fingerprint density at radius 3 is 3.05 bits per heavy atom. The molecule has 1 aromatic rings. The van der Waals surface area contributed by atoms with E-state index < -0.39 is 0 Å². The number of nitrogens with two attached hydrogens (primary N) is 1. The summed E-state index contributed by atoms with van der Waals surface area (Å²) < 4.78 is 0. The monoisotopic (exact) mass is 276 g/mol. The minimum atomic E-state index is 0.697. The molecular formula is C14H24N6. The Balaban J connectivity index is 1.85. The second kappa shape index (κ2) is 5.93.